The van der Waals surface area contributed by atoms with E-state index in [2.05, 4.69) is 4.98 Å². The number of benzene rings is 2. The van der Waals surface area contributed by atoms with Crippen LogP contribution in [0.3, 0.4) is 0 Å². The van der Waals surface area contributed by atoms with Crippen molar-refractivity contribution in [2.45, 2.75) is 17.9 Å². The predicted molar refractivity (Wildman–Crippen MR) is 88.6 cm³/mol. The third-order valence-corrected chi connectivity index (χ3v) is 4.79. The van der Waals surface area contributed by atoms with Gasteiger partial charge in [-0.15, -0.1) is 0 Å². The third kappa shape index (κ3) is 3.06. The first-order chi connectivity index (χ1) is 10.9. The van der Waals surface area contributed by atoms with Gasteiger partial charge in [-0.05, 0) is 36.8 Å². The van der Waals surface area contributed by atoms with Gasteiger partial charge in [-0.25, -0.2) is 13.6 Å². The minimum absolute atomic E-state index is 0.0439. The van der Waals surface area contributed by atoms with E-state index in [0.29, 0.717) is 6.01 Å². The molecule has 0 amide bonds. The number of hydrogen-bond donors (Lipinski definition) is 1. The second kappa shape index (κ2) is 5.68. The SMILES string of the molecule is C[C@H](c1ccc(S(N)(=O)=O)cc1)N(C)c1nc2ccccc2o1. The normalized spacial score (nSPS) is 13.2. The molecule has 3 aromatic rings. The van der Waals surface area contributed by atoms with Gasteiger partial charge >= 0.3 is 0 Å². The maximum atomic E-state index is 11.3. The first-order valence-corrected chi connectivity index (χ1v) is 8.62. The lowest BCUT2D eigenvalue weighted by molar-refractivity contribution is 0.557. The molecule has 120 valence electrons. The highest BCUT2D eigenvalue weighted by Gasteiger charge is 2.18. The second-order valence-electron chi connectivity index (χ2n) is 5.37. The number of anilines is 1. The van der Waals surface area contributed by atoms with Gasteiger partial charge in [0.15, 0.2) is 5.58 Å². The quantitative estimate of drug-likeness (QED) is 0.794. The van der Waals surface area contributed by atoms with Crippen LogP contribution in [0.15, 0.2) is 57.8 Å². The van der Waals surface area contributed by atoms with Gasteiger partial charge in [0.1, 0.15) is 5.52 Å². The summed E-state index contributed by atoms with van der Waals surface area (Å²) < 4.78 is 28.4. The summed E-state index contributed by atoms with van der Waals surface area (Å²) in [6, 6.07) is 14.5. The minimum Gasteiger partial charge on any atom is -0.423 e. The molecule has 2 aromatic carbocycles. The molecule has 0 spiro atoms. The van der Waals surface area contributed by atoms with E-state index < -0.39 is 10.0 Å². The van der Waals surface area contributed by atoms with Crippen LogP contribution in [0.25, 0.3) is 11.1 Å². The Kier molecular flexibility index (Phi) is 3.83. The molecular formula is C16H17N3O3S. The summed E-state index contributed by atoms with van der Waals surface area (Å²) in [5.74, 6) is 0. The molecule has 0 radical (unpaired) electrons. The molecule has 0 aliphatic carbocycles. The van der Waals surface area contributed by atoms with Crippen molar-refractivity contribution in [2.75, 3.05) is 11.9 Å². The van der Waals surface area contributed by atoms with Gasteiger partial charge in [-0.2, -0.15) is 4.98 Å². The zero-order chi connectivity index (χ0) is 16.6. The Morgan fingerprint density at radius 1 is 1.13 bits per heavy atom. The molecule has 1 heterocycles. The van der Waals surface area contributed by atoms with Crippen molar-refractivity contribution < 1.29 is 12.8 Å². The number of aromatic nitrogens is 1. The standard InChI is InChI=1S/C16H17N3O3S/c1-11(12-7-9-13(10-8-12)23(17,20)21)19(2)16-18-14-5-3-4-6-15(14)22-16/h3-11H,1-2H3,(H2,17,20,21)/t11-/m1/s1. The fourth-order valence-corrected chi connectivity index (χ4v) is 2.85. The Labute approximate surface area is 134 Å². The molecule has 23 heavy (non-hydrogen) atoms. The zero-order valence-electron chi connectivity index (χ0n) is 12.8. The van der Waals surface area contributed by atoms with Crippen molar-refractivity contribution >= 4 is 27.1 Å². The van der Waals surface area contributed by atoms with Crippen molar-refractivity contribution in [2.24, 2.45) is 5.14 Å². The molecule has 0 fully saturated rings. The van der Waals surface area contributed by atoms with Crippen molar-refractivity contribution in [3.63, 3.8) is 0 Å². The van der Waals surface area contributed by atoms with Gasteiger partial charge < -0.3 is 9.32 Å². The molecule has 0 saturated heterocycles. The van der Waals surface area contributed by atoms with Gasteiger partial charge in [0.2, 0.25) is 10.0 Å². The van der Waals surface area contributed by atoms with E-state index in [1.807, 2.05) is 43.1 Å². The highest BCUT2D eigenvalue weighted by molar-refractivity contribution is 7.89. The molecule has 0 saturated carbocycles. The van der Waals surface area contributed by atoms with Crippen LogP contribution >= 0.6 is 0 Å². The van der Waals surface area contributed by atoms with Crippen LogP contribution in [0.1, 0.15) is 18.5 Å². The number of nitrogens with two attached hydrogens (primary N) is 1. The molecule has 3 rings (SSSR count). The molecular weight excluding hydrogens is 314 g/mol. The van der Waals surface area contributed by atoms with Gasteiger partial charge in [0.25, 0.3) is 6.01 Å². The van der Waals surface area contributed by atoms with Gasteiger partial charge in [0.05, 0.1) is 10.9 Å². The van der Waals surface area contributed by atoms with E-state index in [0.717, 1.165) is 16.7 Å². The number of oxazole rings is 1. The highest BCUT2D eigenvalue weighted by atomic mass is 32.2. The van der Waals surface area contributed by atoms with Crippen LogP contribution in [0.4, 0.5) is 6.01 Å². The summed E-state index contributed by atoms with van der Waals surface area (Å²) in [7, 11) is -1.80. The number of fused-ring (bicyclic) bond motifs is 1. The Morgan fingerprint density at radius 3 is 2.39 bits per heavy atom. The Balaban J connectivity index is 1.88. The molecule has 2 N–H and O–H groups in total. The van der Waals surface area contributed by atoms with E-state index in [1.54, 1.807) is 12.1 Å². The fraction of sp³-hybridized carbons (Fsp3) is 0.188. The minimum atomic E-state index is -3.68. The predicted octanol–water partition coefficient (Wildman–Crippen LogP) is 2.67. The van der Waals surface area contributed by atoms with Crippen molar-refractivity contribution in [1.82, 2.24) is 4.98 Å². The van der Waals surface area contributed by atoms with Crippen LogP contribution in [-0.2, 0) is 10.0 Å². The Hall–Kier alpha value is -2.38. The topological polar surface area (TPSA) is 89.4 Å². The van der Waals surface area contributed by atoms with Gasteiger partial charge in [0, 0.05) is 7.05 Å². The summed E-state index contributed by atoms with van der Waals surface area (Å²) in [5, 5.41) is 5.11. The molecule has 0 aliphatic rings. The highest BCUT2D eigenvalue weighted by Crippen LogP contribution is 2.28. The summed E-state index contributed by atoms with van der Waals surface area (Å²) in [6.45, 7) is 1.99. The smallest absolute Gasteiger partial charge is 0.298 e. The molecule has 0 unspecified atom stereocenters. The first kappa shape index (κ1) is 15.5. The van der Waals surface area contributed by atoms with Crippen LogP contribution < -0.4 is 10.0 Å². The van der Waals surface area contributed by atoms with Crippen molar-refractivity contribution in [1.29, 1.82) is 0 Å². The van der Waals surface area contributed by atoms with E-state index in [1.165, 1.54) is 12.1 Å². The average molecular weight is 331 g/mol. The van der Waals surface area contributed by atoms with Gasteiger partial charge in [-0.3, -0.25) is 0 Å². The van der Waals surface area contributed by atoms with Crippen LogP contribution in [0.2, 0.25) is 0 Å². The largest absolute Gasteiger partial charge is 0.423 e. The number of sulfonamides is 1. The first-order valence-electron chi connectivity index (χ1n) is 7.07. The molecule has 0 bridgehead atoms. The number of nitrogens with zero attached hydrogens (tertiary/aromatic N) is 2. The van der Waals surface area contributed by atoms with Crippen LogP contribution in [0, 0.1) is 0 Å². The van der Waals surface area contributed by atoms with E-state index in [9.17, 15) is 8.42 Å². The zero-order valence-corrected chi connectivity index (χ0v) is 13.6. The fourth-order valence-electron chi connectivity index (χ4n) is 2.34. The monoisotopic (exact) mass is 331 g/mol. The summed E-state index contributed by atoms with van der Waals surface area (Å²) in [5.41, 5.74) is 2.46. The number of rotatable bonds is 4. The molecule has 6 nitrogen and oxygen atoms in total. The third-order valence-electron chi connectivity index (χ3n) is 3.86. The van der Waals surface area contributed by atoms with Crippen molar-refractivity contribution in [3.8, 4) is 0 Å². The van der Waals surface area contributed by atoms with Gasteiger partial charge in [-0.1, -0.05) is 24.3 Å². The molecule has 0 aliphatic heterocycles. The van der Waals surface area contributed by atoms with Crippen LogP contribution in [-0.4, -0.2) is 20.4 Å². The Morgan fingerprint density at radius 2 is 1.78 bits per heavy atom. The van der Waals surface area contributed by atoms with Crippen LogP contribution in [0.5, 0.6) is 0 Å². The molecule has 7 heteroatoms. The van der Waals surface area contributed by atoms with E-state index >= 15 is 0 Å². The lowest BCUT2D eigenvalue weighted by atomic mass is 10.1. The van der Waals surface area contributed by atoms with E-state index in [-0.39, 0.29) is 10.9 Å². The Bertz CT molecular complexity index is 900. The lowest BCUT2D eigenvalue weighted by Crippen LogP contribution is -2.22. The summed E-state index contributed by atoms with van der Waals surface area (Å²) in [6.07, 6.45) is 0. The number of primary sulfonamides is 1. The molecule has 1 aromatic heterocycles. The second-order valence-corrected chi connectivity index (χ2v) is 6.93. The summed E-state index contributed by atoms with van der Waals surface area (Å²) >= 11 is 0. The van der Waals surface area contributed by atoms with E-state index in [4.69, 9.17) is 9.56 Å². The summed E-state index contributed by atoms with van der Waals surface area (Å²) in [4.78, 5) is 6.45. The van der Waals surface area contributed by atoms with Crippen molar-refractivity contribution in [3.05, 3.63) is 54.1 Å². The average Bonchev–Trinajstić information content (AvgIpc) is 2.96. The molecule has 1 atom stereocenters. The maximum absolute atomic E-state index is 11.3. The number of para-hydroxylation sites is 2. The number of hydrogen-bond acceptors (Lipinski definition) is 5. The maximum Gasteiger partial charge on any atom is 0.298 e. The lowest BCUT2D eigenvalue weighted by Gasteiger charge is -2.23.